The van der Waals surface area contributed by atoms with Crippen LogP contribution in [0.5, 0.6) is 17.2 Å². The maximum Gasteiger partial charge on any atom is 0.180 e. The highest BCUT2D eigenvalue weighted by atomic mass is 35.5. The Morgan fingerprint density at radius 3 is 2.23 bits per heavy atom. The van der Waals surface area contributed by atoms with Gasteiger partial charge in [0.2, 0.25) is 0 Å². The van der Waals surface area contributed by atoms with Crippen LogP contribution in [0.4, 0.5) is 0 Å². The third-order valence-electron chi connectivity index (χ3n) is 1.53. The van der Waals surface area contributed by atoms with Crippen molar-refractivity contribution in [2.45, 2.75) is 0 Å². The number of hydrogen-bond acceptors (Lipinski definition) is 3. The van der Waals surface area contributed by atoms with Crippen molar-refractivity contribution in [3.8, 4) is 17.2 Å². The number of halogens is 2. The summed E-state index contributed by atoms with van der Waals surface area (Å²) >= 11 is 11.6. The fourth-order valence-corrected chi connectivity index (χ4v) is 1.40. The second kappa shape index (κ2) is 3.94. The van der Waals surface area contributed by atoms with E-state index in [1.54, 1.807) is 0 Å². The molecule has 0 radical (unpaired) electrons. The second-order valence-corrected chi connectivity index (χ2v) is 3.02. The van der Waals surface area contributed by atoms with Crippen LogP contribution in [0.15, 0.2) is 6.07 Å². The molecule has 0 saturated heterocycles. The number of benzene rings is 1. The fraction of sp³-hybridized carbons (Fsp3) is 0.250. The van der Waals surface area contributed by atoms with Crippen molar-refractivity contribution in [2.75, 3.05) is 14.2 Å². The Bertz CT molecular complexity index is 326. The lowest BCUT2D eigenvalue weighted by molar-refractivity contribution is 0.366. The quantitative estimate of drug-likeness (QED) is 0.837. The lowest BCUT2D eigenvalue weighted by Gasteiger charge is -2.10. The summed E-state index contributed by atoms with van der Waals surface area (Å²) in [4.78, 5) is 0. The number of aromatic hydroxyl groups is 1. The van der Waals surface area contributed by atoms with E-state index >= 15 is 0 Å². The summed E-state index contributed by atoms with van der Waals surface area (Å²) in [6, 6.07) is 1.34. The van der Waals surface area contributed by atoms with Crippen molar-refractivity contribution >= 4 is 23.2 Å². The maximum absolute atomic E-state index is 9.38. The molecule has 72 valence electrons. The van der Waals surface area contributed by atoms with E-state index < -0.39 is 0 Å². The van der Waals surface area contributed by atoms with Gasteiger partial charge >= 0.3 is 0 Å². The Morgan fingerprint density at radius 2 is 1.77 bits per heavy atom. The van der Waals surface area contributed by atoms with E-state index in [-0.39, 0.29) is 21.5 Å². The summed E-state index contributed by atoms with van der Waals surface area (Å²) in [5.74, 6) is 0.353. The van der Waals surface area contributed by atoms with Gasteiger partial charge in [0.25, 0.3) is 0 Å². The molecule has 1 N–H and O–H groups in total. The van der Waals surface area contributed by atoms with Gasteiger partial charge in [0.1, 0.15) is 15.8 Å². The van der Waals surface area contributed by atoms with Gasteiger partial charge in [-0.2, -0.15) is 0 Å². The molecule has 0 heterocycles. The third kappa shape index (κ3) is 1.76. The molecule has 0 atom stereocenters. The fourth-order valence-electron chi connectivity index (χ4n) is 0.916. The first kappa shape index (κ1) is 10.3. The van der Waals surface area contributed by atoms with Gasteiger partial charge in [-0.3, -0.25) is 0 Å². The smallest absolute Gasteiger partial charge is 0.180 e. The minimum absolute atomic E-state index is 0.103. The molecule has 0 aliphatic heterocycles. The van der Waals surface area contributed by atoms with E-state index in [2.05, 4.69) is 0 Å². The molecule has 1 rings (SSSR count). The van der Waals surface area contributed by atoms with Gasteiger partial charge in [0, 0.05) is 6.07 Å². The maximum atomic E-state index is 9.38. The van der Waals surface area contributed by atoms with Crippen LogP contribution in [-0.2, 0) is 0 Å². The number of rotatable bonds is 2. The van der Waals surface area contributed by atoms with Gasteiger partial charge in [-0.25, -0.2) is 0 Å². The first-order valence-corrected chi connectivity index (χ1v) is 4.16. The first-order chi connectivity index (χ1) is 6.11. The van der Waals surface area contributed by atoms with Crippen LogP contribution in [-0.4, -0.2) is 19.3 Å². The summed E-state index contributed by atoms with van der Waals surface area (Å²) in [6.07, 6.45) is 0. The minimum atomic E-state index is -0.103. The van der Waals surface area contributed by atoms with Gasteiger partial charge < -0.3 is 14.6 Å². The van der Waals surface area contributed by atoms with Gasteiger partial charge in [-0.1, -0.05) is 23.2 Å². The Hall–Kier alpha value is -0.800. The number of hydrogen-bond donors (Lipinski definition) is 1. The molecule has 0 aliphatic rings. The van der Waals surface area contributed by atoms with Crippen molar-refractivity contribution < 1.29 is 14.6 Å². The van der Waals surface area contributed by atoms with Crippen LogP contribution < -0.4 is 9.47 Å². The molecule has 0 saturated carbocycles. The molecule has 0 unspecified atom stereocenters. The van der Waals surface area contributed by atoms with Crippen LogP contribution in [0.1, 0.15) is 0 Å². The minimum Gasteiger partial charge on any atom is -0.504 e. The number of methoxy groups -OCH3 is 2. The van der Waals surface area contributed by atoms with Crippen molar-refractivity contribution in [3.05, 3.63) is 16.1 Å². The summed E-state index contributed by atoms with van der Waals surface area (Å²) in [5.41, 5.74) is 0. The van der Waals surface area contributed by atoms with E-state index in [0.717, 1.165) is 0 Å². The summed E-state index contributed by atoms with van der Waals surface area (Å²) in [7, 11) is 2.83. The number of phenols is 1. The van der Waals surface area contributed by atoms with Crippen LogP contribution in [0, 0.1) is 0 Å². The molecule has 0 fully saturated rings. The molecule has 0 bridgehead atoms. The van der Waals surface area contributed by atoms with Crippen LogP contribution in [0.2, 0.25) is 10.0 Å². The summed E-state index contributed by atoms with van der Waals surface area (Å²) < 4.78 is 9.71. The molecular formula is C8H8Cl2O3. The first-order valence-electron chi connectivity index (χ1n) is 3.40. The Morgan fingerprint density at radius 1 is 1.15 bits per heavy atom. The topological polar surface area (TPSA) is 38.7 Å². The van der Waals surface area contributed by atoms with Crippen LogP contribution in [0.3, 0.4) is 0 Å². The zero-order valence-corrected chi connectivity index (χ0v) is 8.61. The predicted octanol–water partition coefficient (Wildman–Crippen LogP) is 2.72. The van der Waals surface area contributed by atoms with E-state index in [4.69, 9.17) is 32.7 Å². The van der Waals surface area contributed by atoms with Gasteiger partial charge in [0.15, 0.2) is 11.5 Å². The molecule has 13 heavy (non-hydrogen) atoms. The highest BCUT2D eigenvalue weighted by molar-refractivity contribution is 6.44. The van der Waals surface area contributed by atoms with Gasteiger partial charge in [-0.15, -0.1) is 0 Å². The SMILES string of the molecule is COc1cc(O)c(OC)c(Cl)c1Cl. The summed E-state index contributed by atoms with van der Waals surface area (Å²) in [6.45, 7) is 0. The molecular weight excluding hydrogens is 215 g/mol. The van der Waals surface area contributed by atoms with E-state index in [0.29, 0.717) is 5.75 Å². The Balaban J connectivity index is 3.37. The van der Waals surface area contributed by atoms with Gasteiger partial charge in [-0.05, 0) is 0 Å². The van der Waals surface area contributed by atoms with E-state index in [9.17, 15) is 5.11 Å². The lowest BCUT2D eigenvalue weighted by atomic mass is 10.3. The van der Waals surface area contributed by atoms with Gasteiger partial charge in [0.05, 0.1) is 14.2 Å². The standard InChI is InChI=1S/C8H8Cl2O3/c1-12-5-3-4(11)8(13-2)7(10)6(5)9/h3,11H,1-2H3. The van der Waals surface area contributed by atoms with Crippen molar-refractivity contribution in [3.63, 3.8) is 0 Å². The monoisotopic (exact) mass is 222 g/mol. The van der Waals surface area contributed by atoms with Crippen molar-refractivity contribution in [1.82, 2.24) is 0 Å². The molecule has 5 heteroatoms. The van der Waals surface area contributed by atoms with E-state index in [1.165, 1.54) is 20.3 Å². The lowest BCUT2D eigenvalue weighted by Crippen LogP contribution is -1.89. The molecule has 0 aromatic heterocycles. The highest BCUT2D eigenvalue weighted by Crippen LogP contribution is 2.44. The molecule has 0 spiro atoms. The average Bonchev–Trinajstić information content (AvgIpc) is 2.12. The Labute approximate surface area is 85.8 Å². The van der Waals surface area contributed by atoms with Crippen LogP contribution in [0.25, 0.3) is 0 Å². The highest BCUT2D eigenvalue weighted by Gasteiger charge is 2.15. The van der Waals surface area contributed by atoms with Crippen molar-refractivity contribution in [2.24, 2.45) is 0 Å². The number of ether oxygens (including phenoxy) is 2. The predicted molar refractivity (Wildman–Crippen MR) is 51.2 cm³/mol. The zero-order chi connectivity index (χ0) is 10.0. The summed E-state index contributed by atoms with van der Waals surface area (Å²) in [5, 5.41) is 9.74. The second-order valence-electron chi connectivity index (χ2n) is 2.26. The third-order valence-corrected chi connectivity index (χ3v) is 2.37. The molecule has 1 aromatic rings. The van der Waals surface area contributed by atoms with Crippen molar-refractivity contribution in [1.29, 1.82) is 0 Å². The largest absolute Gasteiger partial charge is 0.504 e. The number of phenolic OH excluding ortho intramolecular Hbond substituents is 1. The average molecular weight is 223 g/mol. The molecule has 0 aliphatic carbocycles. The molecule has 3 nitrogen and oxygen atoms in total. The Kier molecular flexibility index (Phi) is 3.12. The molecule has 1 aromatic carbocycles. The van der Waals surface area contributed by atoms with E-state index in [1.807, 2.05) is 0 Å². The van der Waals surface area contributed by atoms with Crippen LogP contribution >= 0.6 is 23.2 Å². The zero-order valence-electron chi connectivity index (χ0n) is 7.10. The molecule has 0 amide bonds. The normalized spacial score (nSPS) is 9.85.